The van der Waals surface area contributed by atoms with Crippen LogP contribution in [0.25, 0.3) is 0 Å². The Kier molecular flexibility index (Phi) is 4.83. The quantitative estimate of drug-likeness (QED) is 0.650. The van der Waals surface area contributed by atoms with Gasteiger partial charge < -0.3 is 10.6 Å². The minimum atomic E-state index is -0.132. The van der Waals surface area contributed by atoms with E-state index in [1.807, 2.05) is 23.9 Å². The van der Waals surface area contributed by atoms with Crippen LogP contribution in [0.1, 0.15) is 13.3 Å². The molecule has 0 spiro atoms. The number of hydrogen-bond acceptors (Lipinski definition) is 3. The van der Waals surface area contributed by atoms with Crippen LogP contribution < -0.4 is 10.6 Å². The second-order valence-electron chi connectivity index (χ2n) is 3.41. The van der Waals surface area contributed by atoms with E-state index in [-0.39, 0.29) is 11.9 Å². The Balaban J connectivity index is 2.09. The molecule has 0 aromatic carbocycles. The molecule has 84 valence electrons. The highest BCUT2D eigenvalue weighted by molar-refractivity contribution is 5.80. The van der Waals surface area contributed by atoms with Gasteiger partial charge in [-0.3, -0.25) is 9.48 Å². The summed E-state index contributed by atoms with van der Waals surface area (Å²) in [6, 6.07) is 1.77. The minimum absolute atomic E-state index is 0.0223. The third kappa shape index (κ3) is 4.12. The smallest absolute Gasteiger partial charge is 0.236 e. The standard InChI is InChI=1S/C10H18N4O/c1-9(10(15)11-2)12-5-3-7-14-8-4-6-13-14/h4,6,8-9,12H,3,5,7H2,1-2H3,(H,11,15). The molecule has 1 aromatic rings. The summed E-state index contributed by atoms with van der Waals surface area (Å²) in [5.74, 6) is 0.0223. The fourth-order valence-electron chi connectivity index (χ4n) is 1.30. The van der Waals surface area contributed by atoms with Gasteiger partial charge in [-0.15, -0.1) is 0 Å². The van der Waals surface area contributed by atoms with Gasteiger partial charge in [-0.1, -0.05) is 0 Å². The Morgan fingerprint density at radius 3 is 3.00 bits per heavy atom. The molecular formula is C10H18N4O. The molecule has 5 heteroatoms. The molecule has 1 amide bonds. The molecule has 0 aliphatic rings. The maximum atomic E-state index is 11.1. The average molecular weight is 210 g/mol. The monoisotopic (exact) mass is 210 g/mol. The van der Waals surface area contributed by atoms with Gasteiger partial charge >= 0.3 is 0 Å². The lowest BCUT2D eigenvalue weighted by Crippen LogP contribution is -2.41. The first-order chi connectivity index (χ1) is 7.24. The summed E-state index contributed by atoms with van der Waals surface area (Å²) < 4.78 is 1.88. The van der Waals surface area contributed by atoms with E-state index in [1.165, 1.54) is 0 Å². The van der Waals surface area contributed by atoms with Crippen LogP contribution in [0.15, 0.2) is 18.5 Å². The van der Waals surface area contributed by atoms with Gasteiger partial charge in [0.25, 0.3) is 0 Å². The van der Waals surface area contributed by atoms with Crippen molar-refractivity contribution in [2.75, 3.05) is 13.6 Å². The normalized spacial score (nSPS) is 12.4. The Hall–Kier alpha value is -1.36. The van der Waals surface area contributed by atoms with Gasteiger partial charge in [0.05, 0.1) is 6.04 Å². The van der Waals surface area contributed by atoms with Crippen LogP contribution in [0.5, 0.6) is 0 Å². The molecule has 5 nitrogen and oxygen atoms in total. The van der Waals surface area contributed by atoms with E-state index >= 15 is 0 Å². The Morgan fingerprint density at radius 2 is 2.40 bits per heavy atom. The fraction of sp³-hybridized carbons (Fsp3) is 0.600. The van der Waals surface area contributed by atoms with E-state index in [1.54, 1.807) is 13.2 Å². The van der Waals surface area contributed by atoms with Crippen molar-refractivity contribution < 1.29 is 4.79 Å². The van der Waals surface area contributed by atoms with E-state index < -0.39 is 0 Å². The summed E-state index contributed by atoms with van der Waals surface area (Å²) in [4.78, 5) is 11.1. The molecule has 1 aromatic heterocycles. The summed E-state index contributed by atoms with van der Waals surface area (Å²) in [6.45, 7) is 3.54. The lowest BCUT2D eigenvalue weighted by atomic mass is 10.3. The van der Waals surface area contributed by atoms with Crippen LogP contribution in [-0.2, 0) is 11.3 Å². The third-order valence-electron chi connectivity index (χ3n) is 2.21. The first kappa shape index (κ1) is 11.7. The molecule has 0 saturated carbocycles. The van der Waals surface area contributed by atoms with Gasteiger partial charge in [-0.2, -0.15) is 5.10 Å². The molecule has 0 bridgehead atoms. The van der Waals surface area contributed by atoms with Crippen LogP contribution in [0.3, 0.4) is 0 Å². The summed E-state index contributed by atoms with van der Waals surface area (Å²) in [7, 11) is 1.64. The highest BCUT2D eigenvalue weighted by Gasteiger charge is 2.08. The molecule has 1 heterocycles. The van der Waals surface area contributed by atoms with Gasteiger partial charge in [-0.25, -0.2) is 0 Å². The van der Waals surface area contributed by atoms with Crippen molar-refractivity contribution in [2.45, 2.75) is 25.9 Å². The summed E-state index contributed by atoms with van der Waals surface area (Å²) in [6.07, 6.45) is 4.66. The van der Waals surface area contributed by atoms with Crippen molar-refractivity contribution in [3.05, 3.63) is 18.5 Å². The number of carbonyl (C=O) groups is 1. The molecule has 0 aliphatic carbocycles. The SMILES string of the molecule is CNC(=O)C(C)NCCCn1cccn1. The van der Waals surface area contributed by atoms with E-state index in [2.05, 4.69) is 15.7 Å². The van der Waals surface area contributed by atoms with E-state index in [4.69, 9.17) is 0 Å². The van der Waals surface area contributed by atoms with Crippen LogP contribution in [0, 0.1) is 0 Å². The van der Waals surface area contributed by atoms with Gasteiger partial charge in [0.1, 0.15) is 0 Å². The summed E-state index contributed by atoms with van der Waals surface area (Å²) >= 11 is 0. The number of carbonyl (C=O) groups excluding carboxylic acids is 1. The summed E-state index contributed by atoms with van der Waals surface area (Å²) in [5.41, 5.74) is 0. The van der Waals surface area contributed by atoms with E-state index in [0.29, 0.717) is 0 Å². The zero-order valence-electron chi connectivity index (χ0n) is 9.23. The Morgan fingerprint density at radius 1 is 1.60 bits per heavy atom. The number of amides is 1. The van der Waals surface area contributed by atoms with Crippen LogP contribution in [0.2, 0.25) is 0 Å². The predicted octanol–water partition coefficient (Wildman–Crippen LogP) is -0.00270. The van der Waals surface area contributed by atoms with Crippen molar-refractivity contribution in [3.63, 3.8) is 0 Å². The number of aromatic nitrogens is 2. The predicted molar refractivity (Wildman–Crippen MR) is 58.4 cm³/mol. The number of nitrogens with zero attached hydrogens (tertiary/aromatic N) is 2. The average Bonchev–Trinajstić information content (AvgIpc) is 2.75. The molecule has 0 aliphatic heterocycles. The van der Waals surface area contributed by atoms with Gasteiger partial charge in [-0.05, 0) is 26.0 Å². The molecule has 15 heavy (non-hydrogen) atoms. The zero-order chi connectivity index (χ0) is 11.1. The highest BCUT2D eigenvalue weighted by atomic mass is 16.2. The number of nitrogens with one attached hydrogen (secondary N) is 2. The van der Waals surface area contributed by atoms with E-state index in [0.717, 1.165) is 19.5 Å². The van der Waals surface area contributed by atoms with Crippen LogP contribution in [0.4, 0.5) is 0 Å². The Bertz CT molecular complexity index is 284. The van der Waals surface area contributed by atoms with Crippen molar-refractivity contribution in [2.24, 2.45) is 0 Å². The topological polar surface area (TPSA) is 59.0 Å². The van der Waals surface area contributed by atoms with Gasteiger partial charge in [0, 0.05) is 26.0 Å². The summed E-state index contributed by atoms with van der Waals surface area (Å²) in [5, 5.41) is 9.84. The molecular weight excluding hydrogens is 192 g/mol. The largest absolute Gasteiger partial charge is 0.358 e. The second-order valence-corrected chi connectivity index (χ2v) is 3.41. The Labute approximate surface area is 89.9 Å². The molecule has 0 radical (unpaired) electrons. The molecule has 1 atom stereocenters. The molecule has 1 rings (SSSR count). The van der Waals surface area contributed by atoms with Crippen molar-refractivity contribution in [1.82, 2.24) is 20.4 Å². The molecule has 2 N–H and O–H groups in total. The van der Waals surface area contributed by atoms with Crippen LogP contribution >= 0.6 is 0 Å². The molecule has 0 fully saturated rings. The lowest BCUT2D eigenvalue weighted by Gasteiger charge is -2.11. The number of rotatable bonds is 6. The molecule has 0 saturated heterocycles. The first-order valence-corrected chi connectivity index (χ1v) is 5.16. The maximum Gasteiger partial charge on any atom is 0.236 e. The van der Waals surface area contributed by atoms with Crippen molar-refractivity contribution in [1.29, 1.82) is 0 Å². The fourth-order valence-corrected chi connectivity index (χ4v) is 1.30. The lowest BCUT2D eigenvalue weighted by molar-refractivity contribution is -0.122. The maximum absolute atomic E-state index is 11.1. The highest BCUT2D eigenvalue weighted by Crippen LogP contribution is 1.89. The number of hydrogen-bond donors (Lipinski definition) is 2. The number of aryl methyl sites for hydroxylation is 1. The zero-order valence-corrected chi connectivity index (χ0v) is 9.23. The minimum Gasteiger partial charge on any atom is -0.358 e. The van der Waals surface area contributed by atoms with Gasteiger partial charge in [0.15, 0.2) is 0 Å². The van der Waals surface area contributed by atoms with Gasteiger partial charge in [0.2, 0.25) is 5.91 Å². The molecule has 1 unspecified atom stereocenters. The third-order valence-corrected chi connectivity index (χ3v) is 2.21. The second kappa shape index (κ2) is 6.19. The van der Waals surface area contributed by atoms with Crippen molar-refractivity contribution >= 4 is 5.91 Å². The van der Waals surface area contributed by atoms with Crippen molar-refractivity contribution in [3.8, 4) is 0 Å². The number of likely N-dealkylation sites (N-methyl/N-ethyl adjacent to an activating group) is 1. The first-order valence-electron chi connectivity index (χ1n) is 5.16. The van der Waals surface area contributed by atoms with Crippen LogP contribution in [-0.4, -0.2) is 35.3 Å². The van der Waals surface area contributed by atoms with E-state index in [9.17, 15) is 4.79 Å².